The first-order valence-corrected chi connectivity index (χ1v) is 5.10. The Bertz CT molecular complexity index is 427. The van der Waals surface area contributed by atoms with E-state index >= 15 is 0 Å². The molecular formula is C10H11ClF2N2O2. The molecule has 17 heavy (non-hydrogen) atoms. The van der Waals surface area contributed by atoms with Crippen LogP contribution in [0.3, 0.4) is 0 Å². The SMILES string of the molecule is COC(=O)Cc1c(C(F)F)ncc(Cl)c1CN. The summed E-state index contributed by atoms with van der Waals surface area (Å²) in [6.45, 7) is -0.0482. The van der Waals surface area contributed by atoms with Gasteiger partial charge in [0.2, 0.25) is 0 Å². The van der Waals surface area contributed by atoms with Crippen LogP contribution in [0.5, 0.6) is 0 Å². The minimum Gasteiger partial charge on any atom is -0.469 e. The molecule has 0 aliphatic carbocycles. The normalized spacial score (nSPS) is 10.7. The highest BCUT2D eigenvalue weighted by molar-refractivity contribution is 6.31. The maximum Gasteiger partial charge on any atom is 0.310 e. The number of nitrogens with zero attached hydrogens (tertiary/aromatic N) is 1. The van der Waals surface area contributed by atoms with Crippen molar-refractivity contribution in [2.75, 3.05) is 7.11 Å². The number of halogens is 3. The molecule has 0 saturated carbocycles. The van der Waals surface area contributed by atoms with Gasteiger partial charge in [0.15, 0.2) is 0 Å². The minimum absolute atomic E-state index is 0.0434. The Balaban J connectivity index is 3.28. The smallest absolute Gasteiger partial charge is 0.310 e. The van der Waals surface area contributed by atoms with E-state index in [1.807, 2.05) is 0 Å². The van der Waals surface area contributed by atoms with Gasteiger partial charge in [0.25, 0.3) is 6.43 Å². The van der Waals surface area contributed by atoms with Gasteiger partial charge in [0.1, 0.15) is 5.69 Å². The first kappa shape index (κ1) is 13.8. The summed E-state index contributed by atoms with van der Waals surface area (Å²) in [6.07, 6.45) is -2.01. The average Bonchev–Trinajstić information content (AvgIpc) is 2.28. The molecule has 94 valence electrons. The third-order valence-corrected chi connectivity index (χ3v) is 2.56. The van der Waals surface area contributed by atoms with Crippen molar-refractivity contribution in [3.8, 4) is 0 Å². The summed E-state index contributed by atoms with van der Waals surface area (Å²) < 4.78 is 29.9. The molecule has 0 atom stereocenters. The number of hydrogen-bond acceptors (Lipinski definition) is 4. The number of esters is 1. The Hall–Kier alpha value is -1.27. The van der Waals surface area contributed by atoms with Gasteiger partial charge in [-0.2, -0.15) is 0 Å². The molecule has 0 aromatic carbocycles. The van der Waals surface area contributed by atoms with Crippen LogP contribution < -0.4 is 5.73 Å². The van der Waals surface area contributed by atoms with Crippen molar-refractivity contribution >= 4 is 17.6 Å². The van der Waals surface area contributed by atoms with Gasteiger partial charge in [-0.25, -0.2) is 8.78 Å². The van der Waals surface area contributed by atoms with E-state index in [2.05, 4.69) is 9.72 Å². The van der Waals surface area contributed by atoms with Crippen LogP contribution in [0, 0.1) is 0 Å². The number of alkyl halides is 2. The molecule has 4 nitrogen and oxygen atoms in total. The number of rotatable bonds is 4. The first-order valence-electron chi connectivity index (χ1n) is 4.72. The number of carbonyl (C=O) groups excluding carboxylic acids is 1. The van der Waals surface area contributed by atoms with Crippen molar-refractivity contribution in [3.05, 3.63) is 28.0 Å². The summed E-state index contributed by atoms with van der Waals surface area (Å²) in [5.74, 6) is -0.648. The van der Waals surface area contributed by atoms with Crippen LogP contribution in [-0.2, 0) is 22.5 Å². The molecule has 0 aliphatic heterocycles. The standard InChI is InChI=1S/C10H11ClF2N2O2/c1-17-8(16)2-5-6(3-14)7(11)4-15-9(5)10(12)13/h4,10H,2-3,14H2,1H3. The lowest BCUT2D eigenvalue weighted by Crippen LogP contribution is -2.14. The van der Waals surface area contributed by atoms with Crippen LogP contribution in [0.15, 0.2) is 6.20 Å². The lowest BCUT2D eigenvalue weighted by Gasteiger charge is -2.13. The van der Waals surface area contributed by atoms with Crippen molar-refractivity contribution in [1.29, 1.82) is 0 Å². The number of ether oxygens (including phenoxy) is 1. The Morgan fingerprint density at radius 3 is 2.71 bits per heavy atom. The number of aromatic nitrogens is 1. The van der Waals surface area contributed by atoms with Crippen LogP contribution >= 0.6 is 11.6 Å². The fourth-order valence-electron chi connectivity index (χ4n) is 1.40. The summed E-state index contributed by atoms with van der Waals surface area (Å²) in [4.78, 5) is 14.7. The quantitative estimate of drug-likeness (QED) is 0.843. The number of carbonyl (C=O) groups is 1. The van der Waals surface area contributed by atoms with E-state index in [0.29, 0.717) is 5.56 Å². The number of hydrogen-bond donors (Lipinski definition) is 1. The summed E-state index contributed by atoms with van der Waals surface area (Å²) >= 11 is 5.79. The predicted octanol–water partition coefficient (Wildman–Crippen LogP) is 1.85. The molecule has 0 radical (unpaired) electrons. The van der Waals surface area contributed by atoms with Gasteiger partial charge in [-0.15, -0.1) is 0 Å². The zero-order chi connectivity index (χ0) is 13.0. The molecule has 2 N–H and O–H groups in total. The van der Waals surface area contributed by atoms with Crippen LogP contribution in [0.1, 0.15) is 23.2 Å². The molecule has 1 rings (SSSR count). The molecule has 0 aliphatic rings. The molecule has 1 heterocycles. The molecule has 0 bridgehead atoms. The number of pyridine rings is 1. The maximum atomic E-state index is 12.7. The van der Waals surface area contributed by atoms with Crippen molar-refractivity contribution < 1.29 is 18.3 Å². The van der Waals surface area contributed by atoms with Crippen molar-refractivity contribution in [2.24, 2.45) is 5.73 Å². The molecule has 0 saturated heterocycles. The Labute approximate surface area is 102 Å². The largest absolute Gasteiger partial charge is 0.469 e. The Morgan fingerprint density at radius 2 is 2.24 bits per heavy atom. The van der Waals surface area contributed by atoms with Crippen molar-refractivity contribution in [2.45, 2.75) is 19.4 Å². The number of methoxy groups -OCH3 is 1. The third kappa shape index (κ3) is 3.10. The summed E-state index contributed by atoms with van der Waals surface area (Å²) in [5, 5.41) is 0.163. The van der Waals surface area contributed by atoms with E-state index in [-0.39, 0.29) is 23.6 Å². The van der Waals surface area contributed by atoms with E-state index in [4.69, 9.17) is 17.3 Å². The van der Waals surface area contributed by atoms with Gasteiger partial charge in [0.05, 0.1) is 18.6 Å². The molecule has 1 aromatic rings. The van der Waals surface area contributed by atoms with E-state index < -0.39 is 18.1 Å². The second-order valence-electron chi connectivity index (χ2n) is 3.21. The Morgan fingerprint density at radius 1 is 1.59 bits per heavy atom. The minimum atomic E-state index is -2.79. The highest BCUT2D eigenvalue weighted by atomic mass is 35.5. The zero-order valence-corrected chi connectivity index (χ0v) is 9.80. The van der Waals surface area contributed by atoms with Gasteiger partial charge in [-0.3, -0.25) is 9.78 Å². The van der Waals surface area contributed by atoms with Crippen molar-refractivity contribution in [3.63, 3.8) is 0 Å². The van der Waals surface area contributed by atoms with Crippen LogP contribution in [-0.4, -0.2) is 18.1 Å². The maximum absolute atomic E-state index is 12.7. The van der Waals surface area contributed by atoms with E-state index in [0.717, 1.165) is 6.20 Å². The Kier molecular flexibility index (Phi) is 4.77. The second kappa shape index (κ2) is 5.88. The molecular weight excluding hydrogens is 254 g/mol. The van der Waals surface area contributed by atoms with Gasteiger partial charge in [-0.05, 0) is 11.1 Å². The molecule has 1 aromatic heterocycles. The lowest BCUT2D eigenvalue weighted by atomic mass is 10.0. The molecule has 0 spiro atoms. The van der Waals surface area contributed by atoms with E-state index in [1.54, 1.807) is 0 Å². The van der Waals surface area contributed by atoms with Crippen LogP contribution in [0.2, 0.25) is 5.02 Å². The highest BCUT2D eigenvalue weighted by Crippen LogP contribution is 2.28. The molecule has 0 unspecified atom stereocenters. The van der Waals surface area contributed by atoms with Gasteiger partial charge in [0, 0.05) is 12.7 Å². The van der Waals surface area contributed by atoms with Gasteiger partial charge < -0.3 is 10.5 Å². The fraction of sp³-hybridized carbons (Fsp3) is 0.400. The monoisotopic (exact) mass is 264 g/mol. The van der Waals surface area contributed by atoms with Crippen LogP contribution in [0.4, 0.5) is 8.78 Å². The third-order valence-electron chi connectivity index (χ3n) is 2.24. The van der Waals surface area contributed by atoms with E-state index in [1.165, 1.54) is 7.11 Å². The van der Waals surface area contributed by atoms with Gasteiger partial charge in [-0.1, -0.05) is 11.6 Å². The second-order valence-corrected chi connectivity index (χ2v) is 3.61. The van der Waals surface area contributed by atoms with Crippen LogP contribution in [0.25, 0.3) is 0 Å². The molecule has 0 fully saturated rings. The van der Waals surface area contributed by atoms with E-state index in [9.17, 15) is 13.6 Å². The summed E-state index contributed by atoms with van der Waals surface area (Å²) in [5.41, 5.74) is 5.28. The fourth-order valence-corrected chi connectivity index (χ4v) is 1.64. The summed E-state index contributed by atoms with van der Waals surface area (Å²) in [6, 6.07) is 0. The zero-order valence-electron chi connectivity index (χ0n) is 9.04. The first-order chi connectivity index (χ1) is 8.01. The highest BCUT2D eigenvalue weighted by Gasteiger charge is 2.21. The average molecular weight is 265 g/mol. The lowest BCUT2D eigenvalue weighted by molar-refractivity contribution is -0.139. The van der Waals surface area contributed by atoms with Gasteiger partial charge >= 0.3 is 5.97 Å². The summed E-state index contributed by atoms with van der Waals surface area (Å²) in [7, 11) is 1.17. The predicted molar refractivity (Wildman–Crippen MR) is 57.8 cm³/mol. The topological polar surface area (TPSA) is 65.2 Å². The molecule has 7 heteroatoms. The van der Waals surface area contributed by atoms with Crippen molar-refractivity contribution in [1.82, 2.24) is 4.98 Å². The molecule has 0 amide bonds. The number of nitrogens with two attached hydrogens (primary N) is 1.